The fourth-order valence-electron chi connectivity index (χ4n) is 7.50. The molecule has 0 saturated heterocycles. The van der Waals surface area contributed by atoms with Crippen LogP contribution in [-0.4, -0.2) is 32.7 Å². The van der Waals surface area contributed by atoms with E-state index in [1.165, 1.54) is 30.6 Å². The summed E-state index contributed by atoms with van der Waals surface area (Å²) in [6, 6.07) is 8.34. The van der Waals surface area contributed by atoms with Gasteiger partial charge in [-0.3, -0.25) is 4.79 Å². The number of hydrogen-bond acceptors (Lipinski definition) is 7. The molecule has 2 heterocycles. The minimum absolute atomic E-state index is 0.0167. The molecule has 5 saturated carbocycles. The van der Waals surface area contributed by atoms with E-state index in [9.17, 15) is 9.90 Å². The molecule has 0 spiro atoms. The molecule has 2 aromatic heterocycles. The number of anilines is 1. The van der Waals surface area contributed by atoms with Crippen LogP contribution in [0.1, 0.15) is 120 Å². The van der Waals surface area contributed by atoms with Crippen molar-refractivity contribution < 1.29 is 14.4 Å². The lowest BCUT2D eigenvalue weighted by Crippen LogP contribution is -2.51. The van der Waals surface area contributed by atoms with Crippen molar-refractivity contribution in [3.05, 3.63) is 46.4 Å². The van der Waals surface area contributed by atoms with E-state index in [2.05, 4.69) is 28.3 Å². The Morgan fingerprint density at radius 2 is 1.78 bits per heavy atom. The van der Waals surface area contributed by atoms with Crippen LogP contribution in [0.5, 0.6) is 0 Å². The zero-order valence-corrected chi connectivity index (χ0v) is 25.2. The minimum atomic E-state index is -0.972. The molecule has 8 heteroatoms. The molecule has 0 aliphatic heterocycles. The third kappa shape index (κ3) is 5.27. The van der Waals surface area contributed by atoms with Gasteiger partial charge in [-0.05, 0) is 95.6 Å². The number of thiazole rings is 1. The summed E-state index contributed by atoms with van der Waals surface area (Å²) in [5.41, 5.74) is 1.97. The van der Waals surface area contributed by atoms with Gasteiger partial charge in [0, 0.05) is 40.4 Å². The first-order valence-corrected chi connectivity index (χ1v) is 16.6. The maximum atomic E-state index is 14.2. The third-order valence-electron chi connectivity index (χ3n) is 10.4. The SMILES string of the molecule is CC(C)(O)c1nc(-c2cccc(N(CC34CCC(c5nc(C6CC6)no5)(CC3)CC4)C(=O)C3CCCCC3)c2)cs1. The number of rotatable bonds is 8. The second-order valence-electron chi connectivity index (χ2n) is 13.9. The molecule has 0 atom stereocenters. The maximum absolute atomic E-state index is 14.2. The van der Waals surface area contributed by atoms with Crippen molar-refractivity contribution in [3.63, 3.8) is 0 Å². The second-order valence-corrected chi connectivity index (χ2v) is 14.8. The van der Waals surface area contributed by atoms with Gasteiger partial charge in [-0.2, -0.15) is 4.98 Å². The number of benzene rings is 1. The van der Waals surface area contributed by atoms with Gasteiger partial charge in [-0.25, -0.2) is 4.98 Å². The highest BCUT2D eigenvalue weighted by molar-refractivity contribution is 7.10. The van der Waals surface area contributed by atoms with E-state index in [1.54, 1.807) is 13.8 Å². The molecule has 218 valence electrons. The van der Waals surface area contributed by atoms with Gasteiger partial charge in [-0.15, -0.1) is 11.3 Å². The van der Waals surface area contributed by atoms with Crippen molar-refractivity contribution in [2.45, 2.75) is 114 Å². The number of aromatic nitrogens is 3. The number of aliphatic hydroxyl groups is 1. The topological polar surface area (TPSA) is 92.3 Å². The molecule has 7 nitrogen and oxygen atoms in total. The Morgan fingerprint density at radius 1 is 1.05 bits per heavy atom. The van der Waals surface area contributed by atoms with Crippen LogP contribution in [0.2, 0.25) is 0 Å². The highest BCUT2D eigenvalue weighted by atomic mass is 32.1. The molecule has 1 amide bonds. The summed E-state index contributed by atoms with van der Waals surface area (Å²) >= 11 is 1.48. The first kappa shape index (κ1) is 27.3. The first-order chi connectivity index (χ1) is 19.7. The predicted molar refractivity (Wildman–Crippen MR) is 160 cm³/mol. The molecule has 0 unspecified atom stereocenters. The summed E-state index contributed by atoms with van der Waals surface area (Å²) in [5, 5.41) is 17.5. The maximum Gasteiger partial charge on any atom is 0.232 e. The van der Waals surface area contributed by atoms with Gasteiger partial charge in [0.1, 0.15) is 10.6 Å². The van der Waals surface area contributed by atoms with Crippen molar-refractivity contribution in [1.29, 1.82) is 0 Å². The van der Waals surface area contributed by atoms with Crippen molar-refractivity contribution in [2.75, 3.05) is 11.4 Å². The van der Waals surface area contributed by atoms with Crippen LogP contribution in [0.4, 0.5) is 5.69 Å². The Balaban J connectivity index is 1.15. The lowest BCUT2D eigenvalue weighted by molar-refractivity contribution is -0.124. The van der Waals surface area contributed by atoms with Crippen LogP contribution in [0.25, 0.3) is 11.3 Å². The number of carbonyl (C=O) groups excluding carboxylic acids is 1. The molecule has 3 aromatic rings. The van der Waals surface area contributed by atoms with Crippen molar-refractivity contribution in [3.8, 4) is 11.3 Å². The molecule has 0 radical (unpaired) electrons. The summed E-state index contributed by atoms with van der Waals surface area (Å²) in [4.78, 5) is 26.0. The lowest BCUT2D eigenvalue weighted by atomic mass is 9.53. The summed E-state index contributed by atoms with van der Waals surface area (Å²) in [6.07, 6.45) is 14.3. The van der Waals surface area contributed by atoms with E-state index >= 15 is 0 Å². The summed E-state index contributed by atoms with van der Waals surface area (Å²) < 4.78 is 5.86. The Bertz CT molecular complexity index is 1390. The largest absolute Gasteiger partial charge is 0.383 e. The Labute approximate surface area is 246 Å². The summed E-state index contributed by atoms with van der Waals surface area (Å²) in [7, 11) is 0. The van der Waals surface area contributed by atoms with Crippen LogP contribution < -0.4 is 4.90 Å². The predicted octanol–water partition coefficient (Wildman–Crippen LogP) is 7.50. The van der Waals surface area contributed by atoms with E-state index in [0.717, 1.165) is 99.4 Å². The standard InChI is InChI=1S/C33H42N4O3S/c1-31(2,39)30-34-26(20-41-30)24-9-6-10-25(19-24)37(28(38)23-7-4-3-5-8-23)21-32-13-16-33(17-14-32,18-15-32)29-35-27(36-40-29)22-11-12-22/h6,9-10,19-20,22-23,39H,3-5,7-8,11-18,21H2,1-2H3. The zero-order valence-electron chi connectivity index (χ0n) is 24.4. The zero-order chi connectivity index (χ0) is 28.2. The van der Waals surface area contributed by atoms with Gasteiger partial charge in [0.2, 0.25) is 11.8 Å². The average molecular weight is 575 g/mol. The van der Waals surface area contributed by atoms with Gasteiger partial charge >= 0.3 is 0 Å². The second kappa shape index (κ2) is 10.3. The van der Waals surface area contributed by atoms with Crippen LogP contribution in [-0.2, 0) is 15.8 Å². The van der Waals surface area contributed by atoms with Gasteiger partial charge in [0.15, 0.2) is 5.82 Å². The number of fused-ring (bicyclic) bond motifs is 3. The fourth-order valence-corrected chi connectivity index (χ4v) is 8.35. The molecule has 2 bridgehead atoms. The quantitative estimate of drug-likeness (QED) is 0.299. The van der Waals surface area contributed by atoms with Gasteiger partial charge < -0.3 is 14.5 Å². The normalized spacial score (nSPS) is 26.8. The number of nitrogens with zero attached hydrogens (tertiary/aromatic N) is 4. The average Bonchev–Trinajstić information content (AvgIpc) is 3.49. The van der Waals surface area contributed by atoms with E-state index in [0.29, 0.717) is 16.8 Å². The van der Waals surface area contributed by atoms with Crippen molar-refractivity contribution >= 4 is 22.9 Å². The van der Waals surface area contributed by atoms with Crippen LogP contribution in [0, 0.1) is 11.3 Å². The molecule has 1 aromatic carbocycles. The number of carbonyl (C=O) groups is 1. The van der Waals surface area contributed by atoms with Crippen LogP contribution >= 0.6 is 11.3 Å². The monoisotopic (exact) mass is 574 g/mol. The smallest absolute Gasteiger partial charge is 0.232 e. The van der Waals surface area contributed by atoms with Crippen molar-refractivity contribution in [2.24, 2.45) is 11.3 Å². The van der Waals surface area contributed by atoms with E-state index in [-0.39, 0.29) is 16.7 Å². The highest BCUT2D eigenvalue weighted by Gasteiger charge is 2.53. The molecular formula is C33H42N4O3S. The molecule has 41 heavy (non-hydrogen) atoms. The van der Waals surface area contributed by atoms with Gasteiger partial charge in [0.05, 0.1) is 5.69 Å². The highest BCUT2D eigenvalue weighted by Crippen LogP contribution is 2.58. The summed E-state index contributed by atoms with van der Waals surface area (Å²) in [5.74, 6) is 2.69. The molecular weight excluding hydrogens is 532 g/mol. The number of amides is 1. The third-order valence-corrected chi connectivity index (χ3v) is 11.6. The van der Waals surface area contributed by atoms with Gasteiger partial charge in [0.25, 0.3) is 0 Å². The first-order valence-electron chi connectivity index (χ1n) is 15.7. The molecule has 8 rings (SSSR count). The van der Waals surface area contributed by atoms with Crippen molar-refractivity contribution in [1.82, 2.24) is 15.1 Å². The molecule has 5 aliphatic carbocycles. The van der Waals surface area contributed by atoms with E-state index in [1.807, 2.05) is 11.4 Å². The number of hydrogen-bond donors (Lipinski definition) is 1. The Kier molecular flexibility index (Phi) is 6.85. The Morgan fingerprint density at radius 3 is 2.44 bits per heavy atom. The van der Waals surface area contributed by atoms with E-state index < -0.39 is 5.60 Å². The van der Waals surface area contributed by atoms with Crippen LogP contribution in [0.15, 0.2) is 34.2 Å². The van der Waals surface area contributed by atoms with Crippen LogP contribution in [0.3, 0.4) is 0 Å². The fraction of sp³-hybridized carbons (Fsp3) is 0.636. The molecule has 5 fully saturated rings. The molecule has 1 N–H and O–H groups in total. The summed E-state index contributed by atoms with van der Waals surface area (Å²) in [6.45, 7) is 4.30. The minimum Gasteiger partial charge on any atom is -0.383 e. The molecule has 5 aliphatic rings. The lowest BCUT2D eigenvalue weighted by Gasteiger charge is -2.53. The Hall–Kier alpha value is -2.58. The van der Waals surface area contributed by atoms with Gasteiger partial charge in [-0.1, -0.05) is 36.6 Å². The van der Waals surface area contributed by atoms with E-state index in [4.69, 9.17) is 14.5 Å².